The van der Waals surface area contributed by atoms with Gasteiger partial charge in [-0.3, -0.25) is 9.78 Å². The molecule has 7 heteroatoms. The summed E-state index contributed by atoms with van der Waals surface area (Å²) in [6.07, 6.45) is 3.80. The van der Waals surface area contributed by atoms with Gasteiger partial charge in [-0.25, -0.2) is 13.8 Å². The monoisotopic (exact) mass is 217 g/mol. The molecule has 1 aromatic rings. The van der Waals surface area contributed by atoms with E-state index in [9.17, 15) is 13.6 Å². The zero-order chi connectivity index (χ0) is 11.3. The number of nitrogens with zero attached hydrogens (tertiary/aromatic N) is 2. The van der Waals surface area contributed by atoms with Crippen LogP contribution in [0.3, 0.4) is 0 Å². The molecule has 0 bridgehead atoms. The fourth-order valence-electron chi connectivity index (χ4n) is 0.772. The first-order valence-electron chi connectivity index (χ1n) is 4.08. The van der Waals surface area contributed by atoms with Crippen molar-refractivity contribution in [2.45, 2.75) is 5.92 Å². The SMILES string of the molecule is O=C(NCC(F)(F)CO)c1cnccn1. The summed E-state index contributed by atoms with van der Waals surface area (Å²) < 4.78 is 25.1. The highest BCUT2D eigenvalue weighted by Crippen LogP contribution is 2.09. The van der Waals surface area contributed by atoms with Gasteiger partial charge >= 0.3 is 0 Å². The van der Waals surface area contributed by atoms with Gasteiger partial charge in [0.2, 0.25) is 0 Å². The Bertz CT molecular complexity index is 332. The fourth-order valence-corrected chi connectivity index (χ4v) is 0.772. The van der Waals surface area contributed by atoms with Crippen LogP contribution in [-0.2, 0) is 0 Å². The maximum absolute atomic E-state index is 12.5. The second-order valence-corrected chi connectivity index (χ2v) is 2.79. The summed E-state index contributed by atoms with van der Waals surface area (Å²) in [5.41, 5.74) is -0.0498. The van der Waals surface area contributed by atoms with Crippen LogP contribution in [0.15, 0.2) is 18.6 Å². The summed E-state index contributed by atoms with van der Waals surface area (Å²) in [6.45, 7) is -2.24. The lowest BCUT2D eigenvalue weighted by molar-refractivity contribution is -0.0462. The summed E-state index contributed by atoms with van der Waals surface area (Å²) in [5, 5.41) is 10.2. The van der Waals surface area contributed by atoms with E-state index in [0.717, 1.165) is 6.20 Å². The molecule has 1 amide bonds. The van der Waals surface area contributed by atoms with E-state index < -0.39 is 25.0 Å². The van der Waals surface area contributed by atoms with Crippen molar-refractivity contribution in [3.63, 3.8) is 0 Å². The lowest BCUT2D eigenvalue weighted by Gasteiger charge is -2.13. The van der Waals surface area contributed by atoms with Crippen molar-refractivity contribution >= 4 is 5.91 Å². The van der Waals surface area contributed by atoms with Crippen molar-refractivity contribution in [1.29, 1.82) is 0 Å². The third-order valence-corrected chi connectivity index (χ3v) is 1.53. The molecule has 0 radical (unpaired) electrons. The average molecular weight is 217 g/mol. The quantitative estimate of drug-likeness (QED) is 0.734. The fraction of sp³-hybridized carbons (Fsp3) is 0.375. The van der Waals surface area contributed by atoms with E-state index in [-0.39, 0.29) is 5.69 Å². The second-order valence-electron chi connectivity index (χ2n) is 2.79. The molecule has 1 heterocycles. The topological polar surface area (TPSA) is 75.1 Å². The molecule has 82 valence electrons. The van der Waals surface area contributed by atoms with Crippen molar-refractivity contribution < 1.29 is 18.7 Å². The zero-order valence-corrected chi connectivity index (χ0v) is 7.65. The van der Waals surface area contributed by atoms with E-state index in [1.54, 1.807) is 0 Å². The number of hydrogen-bond acceptors (Lipinski definition) is 4. The van der Waals surface area contributed by atoms with Gasteiger partial charge in [0.05, 0.1) is 12.7 Å². The molecule has 0 saturated heterocycles. The Morgan fingerprint density at radius 3 is 2.80 bits per heavy atom. The Kier molecular flexibility index (Phi) is 3.62. The Morgan fingerprint density at radius 2 is 2.27 bits per heavy atom. The van der Waals surface area contributed by atoms with Gasteiger partial charge in [-0.05, 0) is 0 Å². The molecule has 0 unspecified atom stereocenters. The van der Waals surface area contributed by atoms with Crippen LogP contribution in [-0.4, -0.2) is 40.1 Å². The molecule has 0 saturated carbocycles. The Hall–Kier alpha value is -1.63. The van der Waals surface area contributed by atoms with Crippen molar-refractivity contribution in [1.82, 2.24) is 15.3 Å². The minimum atomic E-state index is -3.32. The summed E-state index contributed by atoms with van der Waals surface area (Å²) in [5.74, 6) is -4.08. The number of amides is 1. The molecule has 0 aliphatic heterocycles. The van der Waals surface area contributed by atoms with Gasteiger partial charge in [0.25, 0.3) is 11.8 Å². The first-order valence-corrected chi connectivity index (χ1v) is 4.08. The van der Waals surface area contributed by atoms with Gasteiger partial charge in [-0.2, -0.15) is 0 Å². The third-order valence-electron chi connectivity index (χ3n) is 1.53. The molecule has 1 aromatic heterocycles. The normalized spacial score (nSPS) is 11.1. The van der Waals surface area contributed by atoms with Gasteiger partial charge in [-0.1, -0.05) is 0 Å². The minimum absolute atomic E-state index is 0.0498. The highest BCUT2D eigenvalue weighted by atomic mass is 19.3. The van der Waals surface area contributed by atoms with Crippen LogP contribution >= 0.6 is 0 Å². The number of carbonyl (C=O) groups excluding carboxylic acids is 1. The van der Waals surface area contributed by atoms with Gasteiger partial charge in [-0.15, -0.1) is 0 Å². The van der Waals surface area contributed by atoms with Crippen LogP contribution in [0.25, 0.3) is 0 Å². The maximum Gasteiger partial charge on any atom is 0.287 e. The highest BCUT2D eigenvalue weighted by Gasteiger charge is 2.28. The molecule has 0 aliphatic carbocycles. The summed E-state index contributed by atoms with van der Waals surface area (Å²) >= 11 is 0. The molecule has 0 spiro atoms. The molecule has 0 fully saturated rings. The Labute approximate surface area is 84.2 Å². The van der Waals surface area contributed by atoms with Crippen molar-refractivity contribution in [2.24, 2.45) is 0 Å². The molecule has 5 nitrogen and oxygen atoms in total. The van der Waals surface area contributed by atoms with E-state index in [1.165, 1.54) is 12.4 Å². The lowest BCUT2D eigenvalue weighted by Crippen LogP contribution is -2.39. The Balaban J connectivity index is 2.51. The van der Waals surface area contributed by atoms with E-state index in [1.807, 2.05) is 5.32 Å². The van der Waals surface area contributed by atoms with Gasteiger partial charge in [0, 0.05) is 12.4 Å². The predicted octanol–water partition coefficient (Wildman–Crippen LogP) is -0.166. The van der Waals surface area contributed by atoms with Gasteiger partial charge in [0.15, 0.2) is 0 Å². The van der Waals surface area contributed by atoms with Crippen LogP contribution in [0.4, 0.5) is 8.78 Å². The van der Waals surface area contributed by atoms with E-state index in [2.05, 4.69) is 9.97 Å². The molecule has 0 aliphatic rings. The van der Waals surface area contributed by atoms with Crippen LogP contribution in [0.5, 0.6) is 0 Å². The minimum Gasteiger partial charge on any atom is -0.390 e. The van der Waals surface area contributed by atoms with Gasteiger partial charge < -0.3 is 10.4 Å². The summed E-state index contributed by atoms with van der Waals surface area (Å²) in [7, 11) is 0. The number of halogens is 2. The maximum atomic E-state index is 12.5. The number of rotatable bonds is 4. The molecule has 2 N–H and O–H groups in total. The summed E-state index contributed by atoms with van der Waals surface area (Å²) in [4.78, 5) is 18.4. The number of alkyl halides is 2. The summed E-state index contributed by atoms with van der Waals surface area (Å²) in [6, 6.07) is 0. The van der Waals surface area contributed by atoms with Crippen molar-refractivity contribution in [3.05, 3.63) is 24.3 Å². The largest absolute Gasteiger partial charge is 0.390 e. The number of hydrogen-bond donors (Lipinski definition) is 2. The standard InChI is InChI=1S/C8H9F2N3O2/c9-8(10,5-14)4-13-7(15)6-3-11-1-2-12-6/h1-3,14H,4-5H2,(H,13,15). The average Bonchev–Trinajstić information content (AvgIpc) is 2.27. The number of aromatic nitrogens is 2. The molecular weight excluding hydrogens is 208 g/mol. The number of aliphatic hydroxyl groups is 1. The highest BCUT2D eigenvalue weighted by molar-refractivity contribution is 5.91. The molecule has 1 rings (SSSR count). The first-order chi connectivity index (χ1) is 7.05. The van der Waals surface area contributed by atoms with Crippen LogP contribution in [0, 0.1) is 0 Å². The Morgan fingerprint density at radius 1 is 1.53 bits per heavy atom. The van der Waals surface area contributed by atoms with Crippen molar-refractivity contribution in [2.75, 3.05) is 13.2 Å². The third kappa shape index (κ3) is 3.55. The van der Waals surface area contributed by atoms with E-state index >= 15 is 0 Å². The second kappa shape index (κ2) is 4.74. The molecule has 15 heavy (non-hydrogen) atoms. The number of carbonyl (C=O) groups is 1. The van der Waals surface area contributed by atoms with Crippen LogP contribution in [0.1, 0.15) is 10.5 Å². The zero-order valence-electron chi connectivity index (χ0n) is 7.65. The smallest absolute Gasteiger partial charge is 0.287 e. The van der Waals surface area contributed by atoms with E-state index in [0.29, 0.717) is 0 Å². The lowest BCUT2D eigenvalue weighted by atomic mass is 10.3. The van der Waals surface area contributed by atoms with Crippen molar-refractivity contribution in [3.8, 4) is 0 Å². The van der Waals surface area contributed by atoms with Crippen LogP contribution in [0.2, 0.25) is 0 Å². The van der Waals surface area contributed by atoms with Crippen LogP contribution < -0.4 is 5.32 Å². The number of aliphatic hydroxyl groups excluding tert-OH is 1. The molecule has 0 aromatic carbocycles. The molecule has 0 atom stereocenters. The number of nitrogens with one attached hydrogen (secondary N) is 1. The predicted molar refractivity (Wildman–Crippen MR) is 46.4 cm³/mol. The van der Waals surface area contributed by atoms with E-state index in [4.69, 9.17) is 5.11 Å². The first kappa shape index (κ1) is 11.4. The van der Waals surface area contributed by atoms with Gasteiger partial charge in [0.1, 0.15) is 12.3 Å². The molecular formula is C8H9F2N3O2.